The van der Waals surface area contributed by atoms with Crippen molar-refractivity contribution in [1.29, 1.82) is 0 Å². The number of aliphatic hydroxyl groups is 1. The molecule has 1 aliphatic carbocycles. The Morgan fingerprint density at radius 3 is 2.59 bits per heavy atom. The average molecular weight is 529 g/mol. The smallest absolute Gasteiger partial charge is 0.247 e. The molecule has 0 radical (unpaired) electrons. The van der Waals surface area contributed by atoms with Crippen LogP contribution in [0, 0.1) is 5.92 Å². The molecule has 1 aromatic carbocycles. The zero-order chi connectivity index (χ0) is 26.2. The van der Waals surface area contributed by atoms with Crippen LogP contribution in [0.3, 0.4) is 0 Å². The third-order valence-corrected chi connectivity index (χ3v) is 7.89. The fourth-order valence-corrected chi connectivity index (χ4v) is 5.83. The fourth-order valence-electron chi connectivity index (χ4n) is 5.24. The van der Waals surface area contributed by atoms with Crippen LogP contribution in [0.4, 0.5) is 5.00 Å². The quantitative estimate of drug-likeness (QED) is 0.371. The summed E-state index contributed by atoms with van der Waals surface area (Å²) in [6, 6.07) is 7.69. The van der Waals surface area contributed by atoms with Crippen molar-refractivity contribution in [1.82, 2.24) is 25.1 Å². The Bertz CT molecular complexity index is 1060. The molecule has 1 aliphatic heterocycles. The minimum Gasteiger partial charge on any atom is -0.395 e. The van der Waals surface area contributed by atoms with Crippen LogP contribution in [0.15, 0.2) is 30.3 Å². The van der Waals surface area contributed by atoms with Gasteiger partial charge < -0.3 is 26.0 Å². The van der Waals surface area contributed by atoms with E-state index in [0.29, 0.717) is 30.2 Å². The van der Waals surface area contributed by atoms with E-state index in [2.05, 4.69) is 25.5 Å². The molecule has 0 bridgehead atoms. The summed E-state index contributed by atoms with van der Waals surface area (Å²) in [4.78, 5) is 41.8. The Balaban J connectivity index is 1.48. The van der Waals surface area contributed by atoms with Crippen molar-refractivity contribution in [2.24, 2.45) is 5.92 Å². The zero-order valence-corrected chi connectivity index (χ0v) is 22.0. The minimum atomic E-state index is -0.676. The lowest BCUT2D eigenvalue weighted by molar-refractivity contribution is -0.142. The SMILES string of the molecule is CC(NCCO)C(=O)N[C@H](C(=O)N1CCC[C@H]1C(=O)Nc1snnc1-c1ccccc1)C1CCCCC1. The van der Waals surface area contributed by atoms with E-state index in [1.807, 2.05) is 30.3 Å². The topological polar surface area (TPSA) is 137 Å². The van der Waals surface area contributed by atoms with Gasteiger partial charge in [0.25, 0.3) is 0 Å². The van der Waals surface area contributed by atoms with E-state index in [-0.39, 0.29) is 30.2 Å². The zero-order valence-electron chi connectivity index (χ0n) is 21.2. The molecule has 1 saturated carbocycles. The van der Waals surface area contributed by atoms with Gasteiger partial charge in [0.15, 0.2) is 0 Å². The van der Waals surface area contributed by atoms with Crippen molar-refractivity contribution >= 4 is 34.3 Å². The summed E-state index contributed by atoms with van der Waals surface area (Å²) in [5.41, 5.74) is 1.46. The minimum absolute atomic E-state index is 0.0370. The summed E-state index contributed by atoms with van der Waals surface area (Å²) in [7, 11) is 0. The summed E-state index contributed by atoms with van der Waals surface area (Å²) in [6.45, 7) is 2.41. The van der Waals surface area contributed by atoms with Gasteiger partial charge in [-0.2, -0.15) is 0 Å². The highest BCUT2D eigenvalue weighted by atomic mass is 32.1. The summed E-state index contributed by atoms with van der Waals surface area (Å²) in [5, 5.41) is 22.7. The van der Waals surface area contributed by atoms with Gasteiger partial charge in [-0.1, -0.05) is 54.1 Å². The number of anilines is 1. The van der Waals surface area contributed by atoms with Gasteiger partial charge in [0.1, 0.15) is 22.8 Å². The number of benzene rings is 1. The van der Waals surface area contributed by atoms with Crippen LogP contribution in [-0.4, -0.2) is 75.1 Å². The first-order valence-corrected chi connectivity index (χ1v) is 13.9. The summed E-state index contributed by atoms with van der Waals surface area (Å²) >= 11 is 1.11. The molecule has 37 heavy (non-hydrogen) atoms. The molecule has 10 nitrogen and oxygen atoms in total. The van der Waals surface area contributed by atoms with Crippen LogP contribution in [0.1, 0.15) is 51.9 Å². The molecule has 11 heteroatoms. The largest absolute Gasteiger partial charge is 0.395 e. The maximum absolute atomic E-state index is 13.9. The molecule has 2 aromatic rings. The maximum Gasteiger partial charge on any atom is 0.247 e. The van der Waals surface area contributed by atoms with Gasteiger partial charge in [0.05, 0.1) is 12.6 Å². The molecule has 1 saturated heterocycles. The predicted octanol–water partition coefficient (Wildman–Crippen LogP) is 2.17. The number of carbonyl (C=O) groups excluding carboxylic acids is 3. The van der Waals surface area contributed by atoms with Gasteiger partial charge in [-0.3, -0.25) is 14.4 Å². The molecule has 2 aliphatic rings. The van der Waals surface area contributed by atoms with E-state index in [1.165, 1.54) is 0 Å². The number of likely N-dealkylation sites (tertiary alicyclic amines) is 1. The van der Waals surface area contributed by atoms with Gasteiger partial charge in [-0.05, 0) is 38.5 Å². The summed E-state index contributed by atoms with van der Waals surface area (Å²) < 4.78 is 4.02. The molecule has 3 amide bonds. The van der Waals surface area contributed by atoms with Crippen LogP contribution in [0.2, 0.25) is 0 Å². The molecule has 4 rings (SSSR count). The van der Waals surface area contributed by atoms with Crippen molar-refractivity contribution < 1.29 is 19.5 Å². The molecule has 1 aromatic heterocycles. The van der Waals surface area contributed by atoms with Crippen LogP contribution in [0.5, 0.6) is 0 Å². The van der Waals surface area contributed by atoms with E-state index in [1.54, 1.807) is 11.8 Å². The number of hydrogen-bond acceptors (Lipinski definition) is 8. The Kier molecular flexibility index (Phi) is 9.59. The van der Waals surface area contributed by atoms with Crippen LogP contribution >= 0.6 is 11.5 Å². The second-order valence-electron chi connectivity index (χ2n) is 9.78. The first-order chi connectivity index (χ1) is 18.0. The Hall–Kier alpha value is -2.89. The highest BCUT2D eigenvalue weighted by Gasteiger charge is 2.41. The average Bonchev–Trinajstić information content (AvgIpc) is 3.61. The number of amides is 3. The van der Waals surface area contributed by atoms with E-state index in [4.69, 9.17) is 5.11 Å². The normalized spacial score (nSPS) is 19.8. The molecule has 0 spiro atoms. The Morgan fingerprint density at radius 1 is 1.11 bits per heavy atom. The highest BCUT2D eigenvalue weighted by molar-refractivity contribution is 7.10. The lowest BCUT2D eigenvalue weighted by Crippen LogP contribution is -2.58. The Morgan fingerprint density at radius 2 is 1.86 bits per heavy atom. The number of rotatable bonds is 10. The van der Waals surface area contributed by atoms with Gasteiger partial charge in [0, 0.05) is 30.2 Å². The standard InChI is InChI=1S/C26H36N6O4S/c1-17(27-14-16-33)23(34)28-22(19-11-6-3-7-12-19)26(36)32-15-8-13-20(32)24(35)29-25-21(30-31-37-25)18-9-4-2-5-10-18/h2,4-5,9-10,17,19-20,22,27,33H,3,6-8,11-16H2,1H3,(H,28,34)(H,29,35)/t17?,20-,22-/m0/s1. The second-order valence-corrected chi connectivity index (χ2v) is 10.5. The molecule has 3 atom stereocenters. The lowest BCUT2D eigenvalue weighted by atomic mass is 9.83. The van der Waals surface area contributed by atoms with Gasteiger partial charge >= 0.3 is 0 Å². The number of aromatic nitrogens is 2. The van der Waals surface area contributed by atoms with Crippen molar-refractivity contribution in [3.8, 4) is 11.3 Å². The lowest BCUT2D eigenvalue weighted by Gasteiger charge is -2.35. The molecule has 2 heterocycles. The molecule has 2 fully saturated rings. The number of hydrogen-bond donors (Lipinski definition) is 4. The Labute approximate surface area is 221 Å². The second kappa shape index (κ2) is 13.1. The van der Waals surface area contributed by atoms with Crippen LogP contribution in [0.25, 0.3) is 11.3 Å². The molecule has 4 N–H and O–H groups in total. The van der Waals surface area contributed by atoms with Crippen LogP contribution < -0.4 is 16.0 Å². The fraction of sp³-hybridized carbons (Fsp3) is 0.577. The van der Waals surface area contributed by atoms with Crippen LogP contribution in [-0.2, 0) is 14.4 Å². The monoisotopic (exact) mass is 528 g/mol. The maximum atomic E-state index is 13.9. The number of aliphatic hydroxyl groups excluding tert-OH is 1. The van der Waals surface area contributed by atoms with Gasteiger partial charge in [0.2, 0.25) is 17.7 Å². The van der Waals surface area contributed by atoms with E-state index < -0.39 is 18.1 Å². The molecule has 1 unspecified atom stereocenters. The van der Waals surface area contributed by atoms with E-state index >= 15 is 0 Å². The van der Waals surface area contributed by atoms with E-state index in [0.717, 1.165) is 55.6 Å². The molecular weight excluding hydrogens is 492 g/mol. The highest BCUT2D eigenvalue weighted by Crippen LogP contribution is 2.31. The van der Waals surface area contributed by atoms with Gasteiger partial charge in [-0.25, -0.2) is 0 Å². The van der Waals surface area contributed by atoms with Crippen molar-refractivity contribution in [3.05, 3.63) is 30.3 Å². The number of carbonyl (C=O) groups is 3. The van der Waals surface area contributed by atoms with Gasteiger partial charge in [-0.15, -0.1) is 5.10 Å². The van der Waals surface area contributed by atoms with Crippen molar-refractivity contribution in [2.45, 2.75) is 70.0 Å². The molecule has 200 valence electrons. The number of nitrogens with one attached hydrogen (secondary N) is 3. The third-order valence-electron chi connectivity index (χ3n) is 7.25. The first kappa shape index (κ1) is 27.2. The number of nitrogens with zero attached hydrogens (tertiary/aromatic N) is 3. The predicted molar refractivity (Wildman–Crippen MR) is 142 cm³/mol. The van der Waals surface area contributed by atoms with E-state index in [9.17, 15) is 14.4 Å². The van der Waals surface area contributed by atoms with Crippen molar-refractivity contribution in [2.75, 3.05) is 25.0 Å². The first-order valence-electron chi connectivity index (χ1n) is 13.1. The summed E-state index contributed by atoms with van der Waals surface area (Å²) in [6.07, 6.45) is 6.18. The molecular formula is C26H36N6O4S. The summed E-state index contributed by atoms with van der Waals surface area (Å²) in [5.74, 6) is -0.700. The van der Waals surface area contributed by atoms with Crippen molar-refractivity contribution in [3.63, 3.8) is 0 Å². The third kappa shape index (κ3) is 6.71.